The summed E-state index contributed by atoms with van der Waals surface area (Å²) in [7, 11) is -3.39. The maximum Gasteiger partial charge on any atom is 0.240 e. The zero-order valence-electron chi connectivity index (χ0n) is 11.4. The molecular weight excluding hydrogens is 284 g/mol. The van der Waals surface area contributed by atoms with Crippen LogP contribution in [-0.4, -0.2) is 21.5 Å². The van der Waals surface area contributed by atoms with Crippen molar-refractivity contribution in [3.63, 3.8) is 0 Å². The van der Waals surface area contributed by atoms with Crippen LogP contribution >= 0.6 is 12.4 Å². The molecule has 1 unspecified atom stereocenters. The van der Waals surface area contributed by atoms with Gasteiger partial charge in [-0.05, 0) is 43.0 Å². The van der Waals surface area contributed by atoms with E-state index in [-0.39, 0.29) is 12.4 Å². The molecule has 0 amide bonds. The Morgan fingerprint density at radius 1 is 1.26 bits per heavy atom. The topological polar surface area (TPSA) is 72.2 Å². The fraction of sp³-hybridized carbons (Fsp3) is 0.538. The van der Waals surface area contributed by atoms with Gasteiger partial charge in [-0.1, -0.05) is 26.0 Å². The summed E-state index contributed by atoms with van der Waals surface area (Å²) in [5.74, 6) is 0.451. The summed E-state index contributed by atoms with van der Waals surface area (Å²) in [5.41, 5.74) is 6.50. The van der Waals surface area contributed by atoms with Crippen LogP contribution in [0.2, 0.25) is 0 Å². The van der Waals surface area contributed by atoms with Crippen molar-refractivity contribution < 1.29 is 8.42 Å². The third kappa shape index (κ3) is 5.48. The summed E-state index contributed by atoms with van der Waals surface area (Å²) in [4.78, 5) is 0.312. The van der Waals surface area contributed by atoms with Gasteiger partial charge in [0.15, 0.2) is 0 Å². The van der Waals surface area contributed by atoms with Crippen molar-refractivity contribution in [2.24, 2.45) is 5.73 Å². The van der Waals surface area contributed by atoms with Crippen molar-refractivity contribution >= 4 is 22.4 Å². The SMILES string of the molecule is CCC(C)c1ccc(S(=O)(=O)NCCCN)cc1.Cl. The van der Waals surface area contributed by atoms with Crippen molar-refractivity contribution in [3.05, 3.63) is 29.8 Å². The molecule has 19 heavy (non-hydrogen) atoms. The first-order valence-electron chi connectivity index (χ1n) is 6.31. The third-order valence-electron chi connectivity index (χ3n) is 3.04. The van der Waals surface area contributed by atoms with Gasteiger partial charge in [0, 0.05) is 6.54 Å². The summed E-state index contributed by atoms with van der Waals surface area (Å²) >= 11 is 0. The lowest BCUT2D eigenvalue weighted by molar-refractivity contribution is 0.579. The van der Waals surface area contributed by atoms with E-state index >= 15 is 0 Å². The minimum atomic E-state index is -3.39. The predicted molar refractivity (Wildman–Crippen MR) is 81.3 cm³/mol. The minimum absolute atomic E-state index is 0. The Morgan fingerprint density at radius 2 is 1.84 bits per heavy atom. The van der Waals surface area contributed by atoms with E-state index in [1.807, 2.05) is 12.1 Å². The van der Waals surface area contributed by atoms with Crippen molar-refractivity contribution in [1.82, 2.24) is 4.72 Å². The highest BCUT2D eigenvalue weighted by molar-refractivity contribution is 7.89. The lowest BCUT2D eigenvalue weighted by atomic mass is 9.99. The van der Waals surface area contributed by atoms with Crippen molar-refractivity contribution in [2.45, 2.75) is 37.5 Å². The zero-order chi connectivity index (χ0) is 13.6. The van der Waals surface area contributed by atoms with E-state index in [1.54, 1.807) is 12.1 Å². The molecule has 1 atom stereocenters. The molecular formula is C13H23ClN2O2S. The first-order chi connectivity index (χ1) is 8.51. The van der Waals surface area contributed by atoms with Gasteiger partial charge in [0.05, 0.1) is 4.90 Å². The van der Waals surface area contributed by atoms with Crippen LogP contribution < -0.4 is 10.5 Å². The van der Waals surface area contributed by atoms with Crippen LogP contribution in [-0.2, 0) is 10.0 Å². The number of hydrogen-bond donors (Lipinski definition) is 2. The van der Waals surface area contributed by atoms with Gasteiger partial charge in [0.25, 0.3) is 0 Å². The Bertz CT molecular complexity index is 460. The standard InChI is InChI=1S/C13H22N2O2S.ClH/c1-3-11(2)12-5-7-13(8-6-12)18(16,17)15-10-4-9-14;/h5-8,11,15H,3-4,9-10,14H2,1-2H3;1H. The highest BCUT2D eigenvalue weighted by Crippen LogP contribution is 2.20. The molecule has 0 bridgehead atoms. The molecule has 0 radical (unpaired) electrons. The molecule has 3 N–H and O–H groups in total. The Morgan fingerprint density at radius 3 is 2.32 bits per heavy atom. The first kappa shape index (κ1) is 18.4. The molecule has 1 aromatic carbocycles. The zero-order valence-corrected chi connectivity index (χ0v) is 13.1. The molecule has 1 rings (SSSR count). The smallest absolute Gasteiger partial charge is 0.240 e. The average molecular weight is 307 g/mol. The van der Waals surface area contributed by atoms with Crippen molar-refractivity contribution in [2.75, 3.05) is 13.1 Å². The fourth-order valence-electron chi connectivity index (χ4n) is 1.60. The van der Waals surface area contributed by atoms with E-state index in [4.69, 9.17) is 5.73 Å². The molecule has 0 aliphatic rings. The van der Waals surface area contributed by atoms with Crippen molar-refractivity contribution in [1.29, 1.82) is 0 Å². The molecule has 110 valence electrons. The van der Waals surface area contributed by atoms with Gasteiger partial charge in [0.2, 0.25) is 10.0 Å². The molecule has 0 aromatic heterocycles. The molecule has 0 fully saturated rings. The second kappa shape index (κ2) is 8.53. The fourth-order valence-corrected chi connectivity index (χ4v) is 2.68. The van der Waals surface area contributed by atoms with Crippen LogP contribution in [0.5, 0.6) is 0 Å². The second-order valence-corrected chi connectivity index (χ2v) is 6.19. The number of rotatable bonds is 7. The maximum absolute atomic E-state index is 11.9. The van der Waals surface area contributed by atoms with E-state index < -0.39 is 10.0 Å². The number of halogens is 1. The third-order valence-corrected chi connectivity index (χ3v) is 4.52. The van der Waals surface area contributed by atoms with Crippen LogP contribution in [0.15, 0.2) is 29.2 Å². The van der Waals surface area contributed by atoms with Gasteiger partial charge in [-0.3, -0.25) is 0 Å². The maximum atomic E-state index is 11.9. The predicted octanol–water partition coefficient (Wildman–Crippen LogP) is 2.25. The monoisotopic (exact) mass is 306 g/mol. The molecule has 6 heteroatoms. The molecule has 0 saturated heterocycles. The summed E-state index contributed by atoms with van der Waals surface area (Å²) in [5, 5.41) is 0. The molecule has 1 aromatic rings. The minimum Gasteiger partial charge on any atom is -0.330 e. The van der Waals surface area contributed by atoms with E-state index in [2.05, 4.69) is 18.6 Å². The van der Waals surface area contributed by atoms with Gasteiger partial charge in [0.1, 0.15) is 0 Å². The summed E-state index contributed by atoms with van der Waals surface area (Å²) in [6, 6.07) is 7.08. The summed E-state index contributed by atoms with van der Waals surface area (Å²) in [6.07, 6.45) is 1.69. The quantitative estimate of drug-likeness (QED) is 0.759. The number of nitrogens with two attached hydrogens (primary N) is 1. The van der Waals surface area contributed by atoms with Crippen LogP contribution in [0.25, 0.3) is 0 Å². The summed E-state index contributed by atoms with van der Waals surface area (Å²) < 4.78 is 26.3. The second-order valence-electron chi connectivity index (χ2n) is 4.42. The molecule has 0 aliphatic carbocycles. The van der Waals surface area contributed by atoms with Crippen LogP contribution in [0.4, 0.5) is 0 Å². The molecule has 0 spiro atoms. The molecule has 0 heterocycles. The van der Waals surface area contributed by atoms with Gasteiger partial charge >= 0.3 is 0 Å². The van der Waals surface area contributed by atoms with Crippen LogP contribution in [0, 0.1) is 0 Å². The number of nitrogens with one attached hydrogen (secondary N) is 1. The Kier molecular flexibility index (Phi) is 8.25. The molecule has 4 nitrogen and oxygen atoms in total. The Hall–Kier alpha value is -0.620. The largest absolute Gasteiger partial charge is 0.330 e. The molecule has 0 saturated carbocycles. The first-order valence-corrected chi connectivity index (χ1v) is 7.79. The van der Waals surface area contributed by atoms with E-state index in [0.717, 1.165) is 6.42 Å². The molecule has 0 aliphatic heterocycles. The van der Waals surface area contributed by atoms with Crippen LogP contribution in [0.3, 0.4) is 0 Å². The number of benzene rings is 1. The Balaban J connectivity index is 0.00000324. The lowest BCUT2D eigenvalue weighted by Crippen LogP contribution is -2.26. The normalized spacial score (nSPS) is 12.8. The highest BCUT2D eigenvalue weighted by atomic mass is 35.5. The van der Waals surface area contributed by atoms with Crippen molar-refractivity contribution in [3.8, 4) is 0 Å². The van der Waals surface area contributed by atoms with Gasteiger partial charge < -0.3 is 5.73 Å². The number of sulfonamides is 1. The summed E-state index contributed by atoms with van der Waals surface area (Å²) in [6.45, 7) is 5.11. The number of hydrogen-bond acceptors (Lipinski definition) is 3. The van der Waals surface area contributed by atoms with E-state index in [9.17, 15) is 8.42 Å². The van der Waals surface area contributed by atoms with Gasteiger partial charge in [-0.15, -0.1) is 12.4 Å². The Labute approximate surface area is 122 Å². The van der Waals surface area contributed by atoms with Gasteiger partial charge in [-0.2, -0.15) is 0 Å². The highest BCUT2D eigenvalue weighted by Gasteiger charge is 2.13. The van der Waals surface area contributed by atoms with E-state index in [1.165, 1.54) is 5.56 Å². The lowest BCUT2D eigenvalue weighted by Gasteiger charge is -2.10. The van der Waals surface area contributed by atoms with Crippen LogP contribution in [0.1, 0.15) is 38.2 Å². The van der Waals surface area contributed by atoms with E-state index in [0.29, 0.717) is 30.3 Å². The van der Waals surface area contributed by atoms with Gasteiger partial charge in [-0.25, -0.2) is 13.1 Å². The average Bonchev–Trinajstić information content (AvgIpc) is 2.38.